The second kappa shape index (κ2) is 7.63. The van der Waals surface area contributed by atoms with Gasteiger partial charge in [-0.2, -0.15) is 5.10 Å². The Morgan fingerprint density at radius 1 is 1.24 bits per heavy atom. The number of aryl methyl sites for hydroxylation is 2. The molecule has 0 aliphatic heterocycles. The zero-order valence-corrected chi connectivity index (χ0v) is 17.5. The fourth-order valence-corrected chi connectivity index (χ4v) is 4.13. The van der Waals surface area contributed by atoms with Gasteiger partial charge in [0, 0.05) is 23.7 Å². The van der Waals surface area contributed by atoms with Gasteiger partial charge < -0.3 is 15.5 Å². The number of fused-ring (bicyclic) bond motifs is 1. The van der Waals surface area contributed by atoms with Crippen LogP contribution in [0.1, 0.15) is 67.5 Å². The molecule has 7 nitrogen and oxygen atoms in total. The van der Waals surface area contributed by atoms with E-state index in [9.17, 15) is 4.79 Å². The summed E-state index contributed by atoms with van der Waals surface area (Å²) in [7, 11) is 0. The van der Waals surface area contributed by atoms with Crippen LogP contribution in [-0.2, 0) is 0 Å². The van der Waals surface area contributed by atoms with E-state index in [0.29, 0.717) is 11.2 Å². The molecular weight excluding hydrogens is 366 g/mol. The lowest BCUT2D eigenvalue weighted by molar-refractivity contribution is 0.0927. The molecule has 0 spiro atoms. The highest BCUT2D eigenvalue weighted by atomic mass is 16.3. The van der Waals surface area contributed by atoms with Gasteiger partial charge in [0.15, 0.2) is 5.65 Å². The van der Waals surface area contributed by atoms with Crippen molar-refractivity contribution >= 4 is 16.9 Å². The summed E-state index contributed by atoms with van der Waals surface area (Å²) >= 11 is 0. The zero-order valence-electron chi connectivity index (χ0n) is 17.5. The summed E-state index contributed by atoms with van der Waals surface area (Å²) in [6.45, 7) is 7.94. The van der Waals surface area contributed by atoms with Crippen molar-refractivity contribution in [2.75, 3.05) is 0 Å². The van der Waals surface area contributed by atoms with Gasteiger partial charge in [-0.25, -0.2) is 9.67 Å². The molecule has 1 amide bonds. The Bertz CT molecular complexity index is 1040. The molecule has 1 fully saturated rings. The van der Waals surface area contributed by atoms with Crippen LogP contribution in [0.3, 0.4) is 0 Å². The highest BCUT2D eigenvalue weighted by Gasteiger charge is 2.24. The average molecular weight is 396 g/mol. The maximum absolute atomic E-state index is 13.2. The highest BCUT2D eigenvalue weighted by molar-refractivity contribution is 6.06. The molecule has 1 aliphatic rings. The van der Waals surface area contributed by atoms with Crippen LogP contribution in [-0.4, -0.2) is 32.8 Å². The standard InChI is InChI=1S/C22H29N5O2/c1-12(2)27-21-19(11-24-27)18(22(28)25-16-7-5-15(23)6-8-16)10-20(26-21)17-9-13(3)29-14(17)4/h9-12,15-16H,5-8,23H2,1-4H3,(H,25,28). The monoisotopic (exact) mass is 395 g/mol. The Morgan fingerprint density at radius 2 is 1.97 bits per heavy atom. The van der Waals surface area contributed by atoms with Gasteiger partial charge >= 0.3 is 0 Å². The Balaban J connectivity index is 1.77. The van der Waals surface area contributed by atoms with E-state index in [4.69, 9.17) is 15.1 Å². The van der Waals surface area contributed by atoms with E-state index in [-0.39, 0.29) is 24.0 Å². The lowest BCUT2D eigenvalue weighted by Gasteiger charge is -2.27. The Labute approximate surface area is 170 Å². The Kier molecular flexibility index (Phi) is 5.17. The minimum atomic E-state index is -0.0831. The van der Waals surface area contributed by atoms with Gasteiger partial charge in [0.05, 0.1) is 22.8 Å². The van der Waals surface area contributed by atoms with Crippen LogP contribution >= 0.6 is 0 Å². The number of amides is 1. The topological polar surface area (TPSA) is 99.0 Å². The second-order valence-corrected chi connectivity index (χ2v) is 8.39. The molecule has 3 N–H and O–H groups in total. The minimum absolute atomic E-state index is 0.0831. The number of rotatable bonds is 4. The number of nitrogens with two attached hydrogens (primary N) is 1. The first kappa shape index (κ1) is 19.6. The van der Waals surface area contributed by atoms with Gasteiger partial charge in [-0.05, 0) is 65.5 Å². The molecule has 0 unspecified atom stereocenters. The smallest absolute Gasteiger partial charge is 0.252 e. The van der Waals surface area contributed by atoms with Crippen LogP contribution in [0, 0.1) is 13.8 Å². The molecule has 0 bridgehead atoms. The van der Waals surface area contributed by atoms with E-state index in [0.717, 1.165) is 53.8 Å². The predicted molar refractivity (Wildman–Crippen MR) is 113 cm³/mol. The number of carbonyl (C=O) groups is 1. The molecule has 4 rings (SSSR count). The van der Waals surface area contributed by atoms with Crippen molar-refractivity contribution in [2.45, 2.75) is 71.5 Å². The number of nitrogens with zero attached hydrogens (tertiary/aromatic N) is 3. The van der Waals surface area contributed by atoms with Crippen molar-refractivity contribution in [3.8, 4) is 11.3 Å². The van der Waals surface area contributed by atoms with Crippen LogP contribution in [0.2, 0.25) is 0 Å². The lowest BCUT2D eigenvalue weighted by Crippen LogP contribution is -2.40. The van der Waals surface area contributed by atoms with E-state index < -0.39 is 0 Å². The van der Waals surface area contributed by atoms with E-state index in [1.54, 1.807) is 6.20 Å². The third kappa shape index (κ3) is 3.79. The molecule has 7 heteroatoms. The lowest BCUT2D eigenvalue weighted by atomic mass is 9.91. The minimum Gasteiger partial charge on any atom is -0.466 e. The summed E-state index contributed by atoms with van der Waals surface area (Å²) in [4.78, 5) is 18.1. The molecule has 0 atom stereocenters. The van der Waals surface area contributed by atoms with E-state index in [1.165, 1.54) is 0 Å². The molecular formula is C22H29N5O2. The number of hydrogen-bond donors (Lipinski definition) is 2. The molecule has 0 saturated heterocycles. The van der Waals surface area contributed by atoms with Crippen LogP contribution < -0.4 is 11.1 Å². The number of hydrogen-bond acceptors (Lipinski definition) is 5. The van der Waals surface area contributed by atoms with Crippen molar-refractivity contribution in [1.82, 2.24) is 20.1 Å². The summed E-state index contributed by atoms with van der Waals surface area (Å²) in [5.74, 6) is 1.53. The predicted octanol–water partition coefficient (Wildman–Crippen LogP) is 3.89. The Hall–Kier alpha value is -2.67. The molecule has 3 aromatic rings. The first-order valence-corrected chi connectivity index (χ1v) is 10.4. The van der Waals surface area contributed by atoms with Crippen molar-refractivity contribution in [1.29, 1.82) is 0 Å². The maximum atomic E-state index is 13.2. The van der Waals surface area contributed by atoms with Crippen LogP contribution in [0.25, 0.3) is 22.3 Å². The average Bonchev–Trinajstić information content (AvgIpc) is 3.25. The quantitative estimate of drug-likeness (QED) is 0.698. The largest absolute Gasteiger partial charge is 0.466 e. The molecule has 0 radical (unpaired) electrons. The van der Waals surface area contributed by atoms with Gasteiger partial charge in [-0.15, -0.1) is 0 Å². The summed E-state index contributed by atoms with van der Waals surface area (Å²) < 4.78 is 7.56. The molecule has 3 aromatic heterocycles. The van der Waals surface area contributed by atoms with Crippen molar-refractivity contribution < 1.29 is 9.21 Å². The first-order valence-electron chi connectivity index (χ1n) is 10.4. The fraction of sp³-hybridized carbons (Fsp3) is 0.500. The normalized spacial score (nSPS) is 19.8. The first-order chi connectivity index (χ1) is 13.8. The molecule has 1 saturated carbocycles. The number of furan rings is 1. The molecule has 0 aromatic carbocycles. The van der Waals surface area contributed by atoms with Crippen LogP contribution in [0.15, 0.2) is 22.7 Å². The fourth-order valence-electron chi connectivity index (χ4n) is 4.13. The molecule has 3 heterocycles. The van der Waals surface area contributed by atoms with Gasteiger partial charge in [-0.3, -0.25) is 4.79 Å². The van der Waals surface area contributed by atoms with Gasteiger partial charge in [0.1, 0.15) is 11.5 Å². The summed E-state index contributed by atoms with van der Waals surface area (Å²) in [5, 5.41) is 8.46. The van der Waals surface area contributed by atoms with Gasteiger partial charge in [-0.1, -0.05) is 0 Å². The van der Waals surface area contributed by atoms with Crippen molar-refractivity contribution in [3.63, 3.8) is 0 Å². The summed E-state index contributed by atoms with van der Waals surface area (Å²) in [5.41, 5.74) is 8.95. The molecule has 29 heavy (non-hydrogen) atoms. The SMILES string of the molecule is Cc1cc(-c2cc(C(=O)NC3CCC(N)CC3)c3cnn(C(C)C)c3n2)c(C)o1. The van der Waals surface area contributed by atoms with Crippen molar-refractivity contribution in [3.05, 3.63) is 35.4 Å². The summed E-state index contributed by atoms with van der Waals surface area (Å²) in [6, 6.07) is 4.36. The van der Waals surface area contributed by atoms with Crippen molar-refractivity contribution in [2.24, 2.45) is 5.73 Å². The number of pyridine rings is 1. The number of aromatic nitrogens is 3. The van der Waals surface area contributed by atoms with E-state index in [2.05, 4.69) is 24.3 Å². The maximum Gasteiger partial charge on any atom is 0.252 e. The van der Waals surface area contributed by atoms with Gasteiger partial charge in [0.25, 0.3) is 5.91 Å². The van der Waals surface area contributed by atoms with Crippen LogP contribution in [0.5, 0.6) is 0 Å². The van der Waals surface area contributed by atoms with Gasteiger partial charge in [0.2, 0.25) is 0 Å². The number of carbonyl (C=O) groups excluding carboxylic acids is 1. The van der Waals surface area contributed by atoms with E-state index in [1.807, 2.05) is 30.7 Å². The summed E-state index contributed by atoms with van der Waals surface area (Å²) in [6.07, 6.45) is 5.46. The second-order valence-electron chi connectivity index (χ2n) is 8.39. The zero-order chi connectivity index (χ0) is 20.7. The van der Waals surface area contributed by atoms with E-state index >= 15 is 0 Å². The third-order valence-corrected chi connectivity index (χ3v) is 5.72. The molecule has 1 aliphatic carbocycles. The Morgan fingerprint density at radius 3 is 2.59 bits per heavy atom. The number of nitrogens with one attached hydrogen (secondary N) is 1. The highest BCUT2D eigenvalue weighted by Crippen LogP contribution is 2.30. The third-order valence-electron chi connectivity index (χ3n) is 5.72. The molecule has 154 valence electrons. The van der Waals surface area contributed by atoms with Crippen LogP contribution in [0.4, 0.5) is 0 Å².